The van der Waals surface area contributed by atoms with E-state index in [0.717, 1.165) is 5.56 Å². The average Bonchev–Trinajstić information content (AvgIpc) is 2.87. The first-order valence-electron chi connectivity index (χ1n) is 11.4. The van der Waals surface area contributed by atoms with Gasteiger partial charge in [0.2, 0.25) is 5.43 Å². The van der Waals surface area contributed by atoms with Crippen LogP contribution in [0, 0.1) is 12.7 Å². The number of para-hydroxylation sites is 1. The number of fused-ring (bicyclic) bond motifs is 5. The van der Waals surface area contributed by atoms with Crippen LogP contribution < -0.4 is 15.2 Å². The Morgan fingerprint density at radius 1 is 1.20 bits per heavy atom. The third-order valence-electron chi connectivity index (χ3n) is 6.49. The molecule has 4 heterocycles. The smallest absolute Gasteiger partial charge is 0.278 e. The van der Waals surface area contributed by atoms with Crippen LogP contribution in [-0.4, -0.2) is 44.9 Å². The summed E-state index contributed by atoms with van der Waals surface area (Å²) in [5.41, 5.74) is 1.19. The van der Waals surface area contributed by atoms with Crippen LogP contribution in [0.25, 0.3) is 0 Å². The van der Waals surface area contributed by atoms with Crippen molar-refractivity contribution in [1.82, 2.24) is 14.6 Å². The van der Waals surface area contributed by atoms with Gasteiger partial charge in [0, 0.05) is 24.0 Å². The molecule has 35 heavy (non-hydrogen) atoms. The molecule has 5 rings (SSSR count). The van der Waals surface area contributed by atoms with Crippen molar-refractivity contribution in [3.05, 3.63) is 99.5 Å². The van der Waals surface area contributed by atoms with Gasteiger partial charge in [-0.1, -0.05) is 31.2 Å². The number of amides is 1. The number of aromatic hydroxyl groups is 1. The van der Waals surface area contributed by atoms with Gasteiger partial charge in [-0.25, -0.2) is 4.39 Å². The summed E-state index contributed by atoms with van der Waals surface area (Å²) in [4.78, 5) is 32.1. The summed E-state index contributed by atoms with van der Waals surface area (Å²) in [6.45, 7) is 4.05. The molecule has 0 fully saturated rings. The van der Waals surface area contributed by atoms with Gasteiger partial charge < -0.3 is 14.7 Å². The Morgan fingerprint density at radius 2 is 2.03 bits per heavy atom. The lowest BCUT2D eigenvalue weighted by atomic mass is 9.97. The molecule has 2 atom stereocenters. The number of hydrogen-bond donors (Lipinski definition) is 1. The van der Waals surface area contributed by atoms with Crippen LogP contribution in [0.1, 0.15) is 46.7 Å². The minimum atomic E-state index is -0.700. The zero-order valence-corrected chi connectivity index (χ0v) is 19.4. The summed E-state index contributed by atoms with van der Waals surface area (Å²) in [7, 11) is 0. The highest BCUT2D eigenvalue weighted by molar-refractivity contribution is 5.96. The Kier molecular flexibility index (Phi) is 5.76. The van der Waals surface area contributed by atoms with E-state index in [1.165, 1.54) is 23.0 Å². The molecular weight excluding hydrogens is 451 g/mol. The average molecular weight is 477 g/mol. The molecule has 180 valence electrons. The van der Waals surface area contributed by atoms with Gasteiger partial charge in [-0.3, -0.25) is 24.3 Å². The van der Waals surface area contributed by atoms with Gasteiger partial charge in [-0.15, -0.1) is 0 Å². The molecule has 2 bridgehead atoms. The molecule has 0 unspecified atom stereocenters. The first kappa shape index (κ1) is 22.6. The van der Waals surface area contributed by atoms with Crippen molar-refractivity contribution in [1.29, 1.82) is 0 Å². The number of aromatic nitrogens is 2. The van der Waals surface area contributed by atoms with Crippen molar-refractivity contribution in [3.8, 4) is 11.5 Å². The lowest BCUT2D eigenvalue weighted by Crippen LogP contribution is -2.58. The molecule has 1 amide bonds. The topological polar surface area (TPSA) is 87.9 Å². The molecule has 0 saturated carbocycles. The summed E-state index contributed by atoms with van der Waals surface area (Å²) in [6, 6.07) is 8.58. The van der Waals surface area contributed by atoms with E-state index in [9.17, 15) is 14.7 Å². The number of carbonyl (C=O) groups is 1. The lowest BCUT2D eigenvalue weighted by Gasteiger charge is -2.45. The highest BCUT2D eigenvalue weighted by Gasteiger charge is 2.40. The molecule has 1 aromatic carbocycles. The number of nitrogens with zero attached hydrogens (tertiary/aromatic N) is 4. The molecule has 2 aliphatic rings. The molecule has 1 N–H and O–H groups in total. The van der Waals surface area contributed by atoms with Gasteiger partial charge in [-0.2, -0.15) is 0 Å². The van der Waals surface area contributed by atoms with Crippen LogP contribution in [0.15, 0.2) is 65.7 Å². The minimum Gasteiger partial charge on any atom is -0.502 e. The van der Waals surface area contributed by atoms with Gasteiger partial charge in [0.1, 0.15) is 19.3 Å². The third kappa shape index (κ3) is 3.73. The number of pyridine rings is 2. The minimum absolute atomic E-state index is 0.0809. The van der Waals surface area contributed by atoms with Crippen molar-refractivity contribution in [2.24, 2.45) is 0 Å². The van der Waals surface area contributed by atoms with Crippen LogP contribution in [-0.2, 0) is 0 Å². The molecular formula is C26H25FN4O4. The molecule has 2 aromatic heterocycles. The van der Waals surface area contributed by atoms with Crippen LogP contribution in [0.2, 0.25) is 0 Å². The Labute approximate surface area is 201 Å². The first-order chi connectivity index (χ1) is 16.9. The molecule has 2 aliphatic heterocycles. The quantitative estimate of drug-likeness (QED) is 0.572. The maximum absolute atomic E-state index is 15.1. The Morgan fingerprint density at radius 3 is 2.80 bits per heavy atom. The van der Waals surface area contributed by atoms with Crippen molar-refractivity contribution in [2.75, 3.05) is 18.3 Å². The normalized spacial score (nSPS) is 20.4. The van der Waals surface area contributed by atoms with E-state index in [1.807, 2.05) is 32.1 Å². The summed E-state index contributed by atoms with van der Waals surface area (Å²) >= 11 is 0. The predicted molar refractivity (Wildman–Crippen MR) is 128 cm³/mol. The summed E-state index contributed by atoms with van der Waals surface area (Å²) in [6.07, 6.45) is 7.27. The summed E-state index contributed by atoms with van der Waals surface area (Å²) in [5, 5.41) is 12.5. The number of ether oxygens (including phenoxy) is 1. The van der Waals surface area contributed by atoms with Gasteiger partial charge in [0.15, 0.2) is 23.0 Å². The Balaban J connectivity index is 1.86. The van der Waals surface area contributed by atoms with Gasteiger partial charge in [0.25, 0.3) is 5.91 Å². The molecule has 0 spiro atoms. The van der Waals surface area contributed by atoms with Crippen LogP contribution >= 0.6 is 0 Å². The molecule has 0 radical (unpaired) electrons. The number of halogens is 1. The number of carbonyl (C=O) groups excluding carboxylic acids is 1. The van der Waals surface area contributed by atoms with E-state index in [-0.39, 0.29) is 30.8 Å². The Hall–Kier alpha value is -4.14. The van der Waals surface area contributed by atoms with Gasteiger partial charge in [0.05, 0.1) is 11.7 Å². The molecule has 3 aromatic rings. The maximum atomic E-state index is 15.1. The second kappa shape index (κ2) is 8.90. The van der Waals surface area contributed by atoms with Gasteiger partial charge >= 0.3 is 0 Å². The van der Waals surface area contributed by atoms with E-state index in [2.05, 4.69) is 4.98 Å². The fourth-order valence-corrected chi connectivity index (χ4v) is 4.75. The van der Waals surface area contributed by atoms with Crippen molar-refractivity contribution >= 4 is 5.91 Å². The number of hydrogen-bond acceptors (Lipinski definition) is 6. The van der Waals surface area contributed by atoms with Crippen molar-refractivity contribution in [3.63, 3.8) is 0 Å². The second-order valence-corrected chi connectivity index (χ2v) is 8.56. The SMILES string of the molecule is CC[C@H]1/C=C/COc2c(F)cccc2[C@H](c2ncccc2C)N2CN1C(=O)c1c(O)c(=O)ccn12. The van der Waals surface area contributed by atoms with E-state index in [4.69, 9.17) is 4.74 Å². The van der Waals surface area contributed by atoms with E-state index < -0.39 is 28.9 Å². The lowest BCUT2D eigenvalue weighted by molar-refractivity contribution is 0.0625. The molecule has 9 heteroatoms. The highest BCUT2D eigenvalue weighted by atomic mass is 19.1. The van der Waals surface area contributed by atoms with Crippen LogP contribution in [0.3, 0.4) is 0 Å². The second-order valence-electron chi connectivity index (χ2n) is 8.56. The molecule has 0 saturated heterocycles. The Bertz CT molecular complexity index is 1390. The number of aryl methyl sites for hydroxylation is 1. The monoisotopic (exact) mass is 476 g/mol. The zero-order chi connectivity index (χ0) is 24.7. The fourth-order valence-electron chi connectivity index (χ4n) is 4.75. The summed E-state index contributed by atoms with van der Waals surface area (Å²) in [5.74, 6) is -1.54. The summed E-state index contributed by atoms with van der Waals surface area (Å²) < 4.78 is 22.5. The third-order valence-corrected chi connectivity index (χ3v) is 6.49. The van der Waals surface area contributed by atoms with Crippen molar-refractivity contribution in [2.45, 2.75) is 32.4 Å². The number of rotatable bonds is 2. The fraction of sp³-hybridized carbons (Fsp3) is 0.269. The maximum Gasteiger partial charge on any atom is 0.278 e. The van der Waals surface area contributed by atoms with E-state index in [0.29, 0.717) is 17.7 Å². The molecule has 8 nitrogen and oxygen atoms in total. The largest absolute Gasteiger partial charge is 0.502 e. The first-order valence-corrected chi connectivity index (χ1v) is 11.4. The number of benzene rings is 1. The van der Waals surface area contributed by atoms with E-state index in [1.54, 1.807) is 34.3 Å². The highest BCUT2D eigenvalue weighted by Crippen LogP contribution is 2.39. The van der Waals surface area contributed by atoms with Crippen molar-refractivity contribution < 1.29 is 19.0 Å². The van der Waals surface area contributed by atoms with E-state index >= 15 is 4.39 Å². The predicted octanol–water partition coefficient (Wildman–Crippen LogP) is 3.26. The zero-order valence-electron chi connectivity index (χ0n) is 19.4. The molecule has 0 aliphatic carbocycles. The van der Waals surface area contributed by atoms with Gasteiger partial charge in [-0.05, 0) is 37.1 Å². The van der Waals surface area contributed by atoms with Crippen LogP contribution in [0.4, 0.5) is 4.39 Å². The van der Waals surface area contributed by atoms with Crippen LogP contribution in [0.5, 0.6) is 11.5 Å². The standard InChI is InChI=1S/C26H25FN4O4/c1-3-17-8-6-14-35-25-18(9-4-10-19(25)27)22(21-16(2)7-5-12-28-21)31-15-29(17)26(34)23-24(33)20(32)11-13-30(23)31/h4-13,17,22,33H,3,14-15H2,1-2H3/b8-6+/t17-,22+/m0/s1.